The molecule has 1 saturated carbocycles. The van der Waals surface area contributed by atoms with Gasteiger partial charge in [0.1, 0.15) is 0 Å². The number of hydrogen-bond acceptors (Lipinski definition) is 4. The fraction of sp³-hybridized carbons (Fsp3) is 0.385. The number of aryl methyl sites for hydroxylation is 2. The number of hydrogen-bond donors (Lipinski definition) is 2. The third kappa shape index (κ3) is 4.70. The van der Waals surface area contributed by atoms with Crippen LogP contribution >= 0.6 is 0 Å². The summed E-state index contributed by atoms with van der Waals surface area (Å²) >= 11 is 0. The van der Waals surface area contributed by atoms with Crippen LogP contribution in [0.2, 0.25) is 0 Å². The van der Waals surface area contributed by atoms with E-state index in [-0.39, 0.29) is 28.4 Å². The van der Waals surface area contributed by atoms with Crippen molar-refractivity contribution >= 4 is 28.8 Å². The summed E-state index contributed by atoms with van der Waals surface area (Å²) < 4.78 is 40.6. The van der Waals surface area contributed by atoms with Crippen LogP contribution in [0.5, 0.6) is 0 Å². The maximum Gasteiger partial charge on any atom is 0.416 e. The van der Waals surface area contributed by atoms with Crippen LogP contribution in [0.3, 0.4) is 0 Å². The first-order valence-corrected chi connectivity index (χ1v) is 11.5. The van der Waals surface area contributed by atoms with Crippen LogP contribution in [-0.4, -0.2) is 28.0 Å². The van der Waals surface area contributed by atoms with Crippen molar-refractivity contribution in [3.8, 4) is 0 Å². The van der Waals surface area contributed by atoms with Gasteiger partial charge in [-0.1, -0.05) is 12.1 Å². The summed E-state index contributed by atoms with van der Waals surface area (Å²) in [5, 5.41) is 10.7. The fourth-order valence-electron chi connectivity index (χ4n) is 4.93. The summed E-state index contributed by atoms with van der Waals surface area (Å²) in [6.45, 7) is 5.20. The predicted octanol–water partition coefficient (Wildman–Crippen LogP) is 4.98. The number of nitrogens with zero attached hydrogens (tertiary/aromatic N) is 2. The van der Waals surface area contributed by atoms with Gasteiger partial charge in [-0.15, -0.1) is 0 Å². The summed E-state index contributed by atoms with van der Waals surface area (Å²) in [5.74, 6) is 4.85. The summed E-state index contributed by atoms with van der Waals surface area (Å²) in [4.78, 5) is 28.0. The van der Waals surface area contributed by atoms with Gasteiger partial charge in [0.05, 0.1) is 22.9 Å². The zero-order valence-electron chi connectivity index (χ0n) is 19.8. The molecule has 1 fully saturated rings. The SMILES string of the molecule is C/C(=C1/C(=O)N(c2cc(C)cc(C)c2)c2cc(C(F)(F)F)ccc21)N(N)C(=O)C1CCC(O)CC1. The number of carbonyl (C=O) groups excluding carboxylic acids is 2. The molecule has 0 aromatic heterocycles. The van der Waals surface area contributed by atoms with E-state index in [1.165, 1.54) is 17.9 Å². The second-order valence-corrected chi connectivity index (χ2v) is 9.39. The predicted molar refractivity (Wildman–Crippen MR) is 126 cm³/mol. The number of rotatable bonds is 3. The number of alkyl halides is 3. The Kier molecular flexibility index (Phi) is 6.50. The molecule has 0 radical (unpaired) electrons. The molecular formula is C26H28F3N3O3. The van der Waals surface area contributed by atoms with Crippen LogP contribution in [0.4, 0.5) is 24.5 Å². The molecule has 6 nitrogen and oxygen atoms in total. The molecule has 2 aromatic rings. The topological polar surface area (TPSA) is 86.9 Å². The molecule has 1 heterocycles. The van der Waals surface area contributed by atoms with Crippen molar-refractivity contribution in [3.05, 3.63) is 64.3 Å². The molecule has 1 aliphatic carbocycles. The Morgan fingerprint density at radius 3 is 2.23 bits per heavy atom. The van der Waals surface area contributed by atoms with Gasteiger partial charge in [0, 0.05) is 22.9 Å². The number of fused-ring (bicyclic) bond motifs is 1. The molecule has 3 N–H and O–H groups in total. The molecular weight excluding hydrogens is 459 g/mol. The first-order chi connectivity index (χ1) is 16.4. The summed E-state index contributed by atoms with van der Waals surface area (Å²) in [7, 11) is 0. The molecule has 9 heteroatoms. The Hall–Kier alpha value is -3.17. The number of carbonyl (C=O) groups is 2. The number of halogens is 3. The van der Waals surface area contributed by atoms with Gasteiger partial charge in [-0.05, 0) is 81.8 Å². The van der Waals surface area contributed by atoms with Crippen molar-refractivity contribution in [1.29, 1.82) is 0 Å². The maximum absolute atomic E-state index is 13.7. The Morgan fingerprint density at radius 1 is 1.06 bits per heavy atom. The minimum absolute atomic E-state index is 0.0829. The molecule has 0 spiro atoms. The quantitative estimate of drug-likeness (QED) is 0.277. The van der Waals surface area contributed by atoms with Crippen molar-refractivity contribution in [3.63, 3.8) is 0 Å². The average molecular weight is 488 g/mol. The number of allylic oxidation sites excluding steroid dienone is 1. The van der Waals surface area contributed by atoms with E-state index >= 15 is 0 Å². The molecule has 2 aliphatic rings. The Bertz CT molecular complexity index is 1190. The number of benzene rings is 2. The number of nitrogens with two attached hydrogens (primary N) is 1. The third-order valence-corrected chi connectivity index (χ3v) is 6.72. The van der Waals surface area contributed by atoms with Crippen molar-refractivity contribution in [1.82, 2.24) is 5.01 Å². The second kappa shape index (κ2) is 9.13. The van der Waals surface area contributed by atoms with Crippen LogP contribution in [-0.2, 0) is 15.8 Å². The van der Waals surface area contributed by atoms with Crippen molar-refractivity contribution in [2.24, 2.45) is 11.8 Å². The van der Waals surface area contributed by atoms with Crippen molar-refractivity contribution in [2.45, 2.75) is 58.7 Å². The highest BCUT2D eigenvalue weighted by atomic mass is 19.4. The van der Waals surface area contributed by atoms with Gasteiger partial charge < -0.3 is 5.11 Å². The highest BCUT2D eigenvalue weighted by Crippen LogP contribution is 2.46. The minimum atomic E-state index is -4.59. The second-order valence-electron chi connectivity index (χ2n) is 9.39. The molecule has 0 atom stereocenters. The molecule has 186 valence electrons. The van der Waals surface area contributed by atoms with Crippen molar-refractivity contribution in [2.75, 3.05) is 4.90 Å². The number of aliphatic hydroxyl groups excluding tert-OH is 1. The Balaban J connectivity index is 1.82. The van der Waals surface area contributed by atoms with Gasteiger partial charge in [0.15, 0.2) is 0 Å². The van der Waals surface area contributed by atoms with E-state index in [9.17, 15) is 27.9 Å². The maximum atomic E-state index is 13.7. The van der Waals surface area contributed by atoms with E-state index in [0.717, 1.165) is 28.3 Å². The van der Waals surface area contributed by atoms with Gasteiger partial charge >= 0.3 is 6.18 Å². The standard InChI is InChI=1S/C26H28F3N3O3/c1-14-10-15(2)12-19(11-14)31-22-13-18(26(27,28)29)6-9-21(22)23(25(31)35)16(3)32(30)24(34)17-4-7-20(33)8-5-17/h6,9-13,17,20,33H,4-5,7-8,30H2,1-3H3/b23-16-. The summed E-state index contributed by atoms with van der Waals surface area (Å²) in [5.41, 5.74) is 1.88. The van der Waals surface area contributed by atoms with Gasteiger partial charge in [0.25, 0.3) is 5.91 Å². The molecule has 2 aromatic carbocycles. The number of amides is 2. The van der Waals surface area contributed by atoms with E-state index in [0.29, 0.717) is 31.4 Å². The highest BCUT2D eigenvalue weighted by Gasteiger charge is 2.40. The smallest absolute Gasteiger partial charge is 0.393 e. The summed E-state index contributed by atoms with van der Waals surface area (Å²) in [6, 6.07) is 8.50. The Labute approximate surface area is 201 Å². The molecule has 0 bridgehead atoms. The normalized spacial score (nSPS) is 21.7. The number of anilines is 2. The fourth-order valence-corrected chi connectivity index (χ4v) is 4.93. The average Bonchev–Trinajstić information content (AvgIpc) is 3.07. The van der Waals surface area contributed by atoms with Gasteiger partial charge in [-0.3, -0.25) is 19.5 Å². The minimum Gasteiger partial charge on any atom is -0.393 e. The van der Waals surface area contributed by atoms with E-state index in [2.05, 4.69) is 0 Å². The van der Waals surface area contributed by atoms with Crippen LogP contribution in [0.15, 0.2) is 42.1 Å². The molecule has 2 amide bonds. The van der Waals surface area contributed by atoms with Gasteiger partial charge in [-0.2, -0.15) is 13.2 Å². The van der Waals surface area contributed by atoms with Crippen LogP contribution in [0.1, 0.15) is 54.9 Å². The first-order valence-electron chi connectivity index (χ1n) is 11.5. The number of aliphatic hydroxyl groups is 1. The molecule has 35 heavy (non-hydrogen) atoms. The molecule has 0 unspecified atom stereocenters. The molecule has 1 aliphatic heterocycles. The van der Waals surface area contributed by atoms with Gasteiger partial charge in [-0.25, -0.2) is 5.84 Å². The van der Waals surface area contributed by atoms with Crippen molar-refractivity contribution < 1.29 is 27.9 Å². The zero-order valence-corrected chi connectivity index (χ0v) is 19.8. The molecule has 4 rings (SSSR count). The van der Waals surface area contributed by atoms with E-state index in [1.807, 2.05) is 19.9 Å². The molecule has 0 saturated heterocycles. The summed E-state index contributed by atoms with van der Waals surface area (Å²) in [6.07, 6.45) is -3.10. The lowest BCUT2D eigenvalue weighted by Crippen LogP contribution is -2.42. The lowest BCUT2D eigenvalue weighted by molar-refractivity contribution is -0.137. The lowest BCUT2D eigenvalue weighted by Gasteiger charge is -2.29. The first kappa shape index (κ1) is 24.9. The van der Waals surface area contributed by atoms with Crippen LogP contribution in [0, 0.1) is 19.8 Å². The highest BCUT2D eigenvalue weighted by molar-refractivity contribution is 6.35. The van der Waals surface area contributed by atoms with E-state index < -0.39 is 29.7 Å². The third-order valence-electron chi connectivity index (χ3n) is 6.72. The largest absolute Gasteiger partial charge is 0.416 e. The van der Waals surface area contributed by atoms with Gasteiger partial charge in [0.2, 0.25) is 5.91 Å². The van der Waals surface area contributed by atoms with Crippen LogP contribution < -0.4 is 10.7 Å². The number of hydrazine groups is 1. The van der Waals surface area contributed by atoms with E-state index in [4.69, 9.17) is 5.84 Å². The van der Waals surface area contributed by atoms with E-state index in [1.54, 1.807) is 12.1 Å². The lowest BCUT2D eigenvalue weighted by atomic mass is 9.86. The zero-order chi connectivity index (χ0) is 25.7. The Morgan fingerprint density at radius 2 is 1.66 bits per heavy atom. The van der Waals surface area contributed by atoms with Crippen LogP contribution in [0.25, 0.3) is 5.57 Å². The monoisotopic (exact) mass is 487 g/mol.